The molecule has 0 spiro atoms. The number of unbranched alkanes of at least 4 members (excludes halogenated alkanes) is 1. The molecule has 4 nitrogen and oxygen atoms in total. The molecule has 2 N–H and O–H groups in total. The van der Waals surface area contributed by atoms with Crippen LogP contribution in [0.25, 0.3) is 0 Å². The molecule has 0 aliphatic heterocycles. The van der Waals surface area contributed by atoms with Gasteiger partial charge in [0.2, 0.25) is 0 Å². The molecule has 0 aliphatic rings. The lowest BCUT2D eigenvalue weighted by Crippen LogP contribution is -2.36. The third-order valence-corrected chi connectivity index (χ3v) is 2.81. The van der Waals surface area contributed by atoms with E-state index in [1.54, 1.807) is 12.1 Å². The van der Waals surface area contributed by atoms with Crippen molar-refractivity contribution in [2.24, 2.45) is 0 Å². The van der Waals surface area contributed by atoms with Crippen molar-refractivity contribution in [1.82, 2.24) is 5.32 Å². The summed E-state index contributed by atoms with van der Waals surface area (Å²) >= 11 is 5.42. The molecule has 19 heavy (non-hydrogen) atoms. The Kier molecular flexibility index (Phi) is 6.97. The number of halogens is 1. The number of amides is 2. The minimum Gasteiger partial charge on any atom is -0.347 e. The summed E-state index contributed by atoms with van der Waals surface area (Å²) in [4.78, 5) is 22.8. The number of benzene rings is 1. The number of hydrogen-bond acceptors (Lipinski definition) is 2. The quantitative estimate of drug-likeness (QED) is 0.621. The van der Waals surface area contributed by atoms with Gasteiger partial charge < -0.3 is 10.6 Å². The van der Waals surface area contributed by atoms with Crippen molar-refractivity contribution in [3.8, 4) is 0 Å². The van der Waals surface area contributed by atoms with Crippen LogP contribution in [0.15, 0.2) is 24.3 Å². The van der Waals surface area contributed by atoms with Gasteiger partial charge in [0.25, 0.3) is 0 Å². The van der Waals surface area contributed by atoms with E-state index < -0.39 is 11.8 Å². The van der Waals surface area contributed by atoms with Gasteiger partial charge in [0, 0.05) is 18.1 Å². The Bertz CT molecular complexity index is 418. The molecule has 0 saturated heterocycles. The summed E-state index contributed by atoms with van der Waals surface area (Å²) in [7, 11) is 0. The lowest BCUT2D eigenvalue weighted by molar-refractivity contribution is -0.136. The van der Waals surface area contributed by atoms with Crippen LogP contribution in [0, 0.1) is 0 Å². The van der Waals surface area contributed by atoms with E-state index in [0.717, 1.165) is 19.3 Å². The molecule has 1 aromatic rings. The molecular formula is C14H19ClN2O2. The fourth-order valence-electron chi connectivity index (χ4n) is 1.56. The van der Waals surface area contributed by atoms with E-state index in [9.17, 15) is 9.59 Å². The average Bonchev–Trinajstić information content (AvgIpc) is 2.43. The van der Waals surface area contributed by atoms with E-state index in [4.69, 9.17) is 11.6 Å². The zero-order chi connectivity index (χ0) is 14.1. The van der Waals surface area contributed by atoms with Crippen LogP contribution < -0.4 is 10.6 Å². The largest absolute Gasteiger partial charge is 0.347 e. The third-order valence-electron chi connectivity index (χ3n) is 2.62. The standard InChI is InChI=1S/C14H19ClN2O2/c1-2-3-4-11-5-7-12(8-6-11)17-14(19)13(18)16-10-9-15/h5-8H,2-4,9-10H2,1H3,(H,16,18)(H,17,19). The molecule has 104 valence electrons. The van der Waals surface area contributed by atoms with Crippen molar-refractivity contribution in [2.75, 3.05) is 17.7 Å². The zero-order valence-corrected chi connectivity index (χ0v) is 11.8. The van der Waals surface area contributed by atoms with E-state index in [-0.39, 0.29) is 12.4 Å². The highest BCUT2D eigenvalue weighted by Crippen LogP contribution is 2.11. The Balaban J connectivity index is 2.48. The highest BCUT2D eigenvalue weighted by Gasteiger charge is 2.12. The van der Waals surface area contributed by atoms with Crippen molar-refractivity contribution in [3.05, 3.63) is 29.8 Å². The Morgan fingerprint density at radius 3 is 2.42 bits per heavy atom. The van der Waals surface area contributed by atoms with Gasteiger partial charge >= 0.3 is 11.8 Å². The second-order valence-electron chi connectivity index (χ2n) is 4.20. The molecule has 0 saturated carbocycles. The van der Waals surface area contributed by atoms with E-state index in [1.165, 1.54) is 5.56 Å². The lowest BCUT2D eigenvalue weighted by Gasteiger charge is -2.06. The Morgan fingerprint density at radius 2 is 1.84 bits per heavy atom. The molecule has 2 amide bonds. The van der Waals surface area contributed by atoms with E-state index in [2.05, 4.69) is 17.6 Å². The molecule has 0 bridgehead atoms. The van der Waals surface area contributed by atoms with Crippen molar-refractivity contribution >= 4 is 29.1 Å². The van der Waals surface area contributed by atoms with Crippen LogP contribution in [-0.4, -0.2) is 24.2 Å². The van der Waals surface area contributed by atoms with Crippen LogP contribution >= 0.6 is 11.6 Å². The van der Waals surface area contributed by atoms with Crippen molar-refractivity contribution in [3.63, 3.8) is 0 Å². The highest BCUT2D eigenvalue weighted by molar-refractivity contribution is 6.39. The number of aryl methyl sites for hydroxylation is 1. The van der Waals surface area contributed by atoms with Gasteiger partial charge in [-0.05, 0) is 30.5 Å². The summed E-state index contributed by atoms with van der Waals surface area (Å²) < 4.78 is 0. The smallest absolute Gasteiger partial charge is 0.313 e. The van der Waals surface area contributed by atoms with Gasteiger partial charge in [0.05, 0.1) is 0 Å². The predicted octanol–water partition coefficient (Wildman–Crippen LogP) is 2.32. The summed E-state index contributed by atoms with van der Waals surface area (Å²) in [6.07, 6.45) is 3.33. The molecule has 0 fully saturated rings. The Labute approximate surface area is 118 Å². The topological polar surface area (TPSA) is 58.2 Å². The van der Waals surface area contributed by atoms with Crippen LogP contribution in [0.5, 0.6) is 0 Å². The molecule has 0 heterocycles. The van der Waals surface area contributed by atoms with Gasteiger partial charge in [-0.15, -0.1) is 11.6 Å². The number of carbonyl (C=O) groups excluding carboxylic acids is 2. The molecule has 0 aliphatic carbocycles. The number of hydrogen-bond donors (Lipinski definition) is 2. The summed E-state index contributed by atoms with van der Waals surface area (Å²) in [5.74, 6) is -1.06. The highest BCUT2D eigenvalue weighted by atomic mass is 35.5. The Morgan fingerprint density at radius 1 is 1.16 bits per heavy atom. The molecule has 0 radical (unpaired) electrons. The van der Waals surface area contributed by atoms with Crippen LogP contribution in [0.3, 0.4) is 0 Å². The minimum atomic E-state index is -0.675. The van der Waals surface area contributed by atoms with E-state index in [1.807, 2.05) is 12.1 Å². The van der Waals surface area contributed by atoms with Gasteiger partial charge in [-0.3, -0.25) is 9.59 Å². The van der Waals surface area contributed by atoms with Crippen LogP contribution in [0.2, 0.25) is 0 Å². The second-order valence-corrected chi connectivity index (χ2v) is 4.58. The number of nitrogens with one attached hydrogen (secondary N) is 2. The summed E-state index contributed by atoms with van der Waals surface area (Å²) in [6.45, 7) is 2.43. The zero-order valence-electron chi connectivity index (χ0n) is 11.0. The number of rotatable bonds is 6. The second kappa shape index (κ2) is 8.53. The normalized spacial score (nSPS) is 10.0. The molecule has 0 atom stereocenters. The molecule has 5 heteroatoms. The average molecular weight is 283 g/mol. The van der Waals surface area contributed by atoms with Gasteiger partial charge in [-0.1, -0.05) is 25.5 Å². The van der Waals surface area contributed by atoms with Gasteiger partial charge in [-0.25, -0.2) is 0 Å². The van der Waals surface area contributed by atoms with E-state index in [0.29, 0.717) is 5.69 Å². The maximum atomic E-state index is 11.5. The summed E-state index contributed by atoms with van der Waals surface area (Å²) in [5.41, 5.74) is 1.85. The monoisotopic (exact) mass is 282 g/mol. The summed E-state index contributed by atoms with van der Waals surface area (Å²) in [6, 6.07) is 7.53. The fraction of sp³-hybridized carbons (Fsp3) is 0.429. The molecule has 1 rings (SSSR count). The molecular weight excluding hydrogens is 264 g/mol. The Hall–Kier alpha value is -1.55. The van der Waals surface area contributed by atoms with Gasteiger partial charge in [0.15, 0.2) is 0 Å². The molecule has 0 aromatic heterocycles. The maximum Gasteiger partial charge on any atom is 0.313 e. The first-order valence-electron chi connectivity index (χ1n) is 6.41. The van der Waals surface area contributed by atoms with Crippen LogP contribution in [-0.2, 0) is 16.0 Å². The first-order valence-corrected chi connectivity index (χ1v) is 6.95. The first-order chi connectivity index (χ1) is 9.17. The van der Waals surface area contributed by atoms with Crippen molar-refractivity contribution in [1.29, 1.82) is 0 Å². The van der Waals surface area contributed by atoms with Crippen LogP contribution in [0.4, 0.5) is 5.69 Å². The SMILES string of the molecule is CCCCc1ccc(NC(=O)C(=O)NCCCl)cc1. The van der Waals surface area contributed by atoms with E-state index >= 15 is 0 Å². The van der Waals surface area contributed by atoms with Crippen molar-refractivity contribution in [2.45, 2.75) is 26.2 Å². The fourth-order valence-corrected chi connectivity index (χ4v) is 1.66. The molecule has 1 aromatic carbocycles. The van der Waals surface area contributed by atoms with Gasteiger partial charge in [-0.2, -0.15) is 0 Å². The maximum absolute atomic E-state index is 11.5. The summed E-state index contributed by atoms with van der Waals surface area (Å²) in [5, 5.41) is 4.95. The first kappa shape index (κ1) is 15.5. The van der Waals surface area contributed by atoms with Crippen molar-refractivity contribution < 1.29 is 9.59 Å². The molecule has 0 unspecified atom stereocenters. The van der Waals surface area contributed by atoms with Gasteiger partial charge in [0.1, 0.15) is 0 Å². The number of carbonyl (C=O) groups is 2. The lowest BCUT2D eigenvalue weighted by atomic mass is 10.1. The third kappa shape index (κ3) is 5.75. The minimum absolute atomic E-state index is 0.282. The number of anilines is 1. The predicted molar refractivity (Wildman–Crippen MR) is 77.4 cm³/mol. The van der Waals surface area contributed by atoms with Crippen LogP contribution in [0.1, 0.15) is 25.3 Å². The number of alkyl halides is 1.